The van der Waals surface area contributed by atoms with Crippen LogP contribution in [0, 0.1) is 0 Å². The summed E-state index contributed by atoms with van der Waals surface area (Å²) >= 11 is 0. The van der Waals surface area contributed by atoms with Gasteiger partial charge in [-0.3, -0.25) is 19.8 Å². The molecule has 0 bridgehead atoms. The third-order valence-electron chi connectivity index (χ3n) is 4.65. The summed E-state index contributed by atoms with van der Waals surface area (Å²) < 4.78 is 0. The number of carbonyl (C=O) groups is 4. The zero-order valence-corrected chi connectivity index (χ0v) is 15.0. The summed E-state index contributed by atoms with van der Waals surface area (Å²) in [5, 5.41) is 8.93. The second-order valence-electron chi connectivity index (χ2n) is 6.42. The normalized spacial score (nSPS) is 19.1. The monoisotopic (exact) mass is 368 g/mol. The predicted octanol–water partition coefficient (Wildman–Crippen LogP) is 1.45. The number of benzene rings is 2. The number of rotatable bonds is 4. The minimum Gasteiger partial charge on any atom is -0.341 e. The van der Waals surface area contributed by atoms with Crippen molar-refractivity contribution in [2.24, 2.45) is 0 Å². The van der Waals surface area contributed by atoms with Crippen LogP contribution in [0.2, 0.25) is 0 Å². The van der Waals surface area contributed by atoms with Crippen molar-refractivity contribution >= 4 is 34.6 Å². The van der Waals surface area contributed by atoms with E-state index >= 15 is 0 Å². The lowest BCUT2D eigenvalue weighted by Gasteiger charge is -2.24. The summed E-state index contributed by atoms with van der Waals surface area (Å²) in [5.74, 6) is -1.01. The first-order valence-corrected chi connectivity index (χ1v) is 8.50. The second-order valence-corrected chi connectivity index (χ2v) is 6.42. The molecule has 0 aromatic heterocycles. The van der Waals surface area contributed by atoms with Crippen LogP contribution in [-0.4, -0.2) is 42.4 Å². The number of carbonyl (C=O) groups excluding carboxylic acids is 4. The van der Waals surface area contributed by atoms with E-state index < -0.39 is 29.4 Å². The third-order valence-corrected chi connectivity index (χ3v) is 4.65. The number of hydrogen-bond donors (Lipinski definition) is 3. The van der Waals surface area contributed by atoms with Crippen LogP contribution in [0.4, 0.5) is 9.59 Å². The molecule has 3 rings (SSSR count). The molecule has 1 heterocycles. The smallest absolute Gasteiger partial charge is 0.325 e. The second kappa shape index (κ2) is 7.06. The van der Waals surface area contributed by atoms with Gasteiger partial charge >= 0.3 is 12.1 Å². The third kappa shape index (κ3) is 3.33. The van der Waals surface area contributed by atoms with Gasteiger partial charge in [-0.2, -0.15) is 0 Å². The van der Waals surface area contributed by atoms with Crippen molar-refractivity contribution < 1.29 is 19.2 Å². The Morgan fingerprint density at radius 3 is 2.56 bits per heavy atom. The Hall–Kier alpha value is -3.42. The van der Waals surface area contributed by atoms with Gasteiger partial charge in [0.15, 0.2) is 0 Å². The molecule has 1 aliphatic rings. The van der Waals surface area contributed by atoms with Crippen molar-refractivity contribution in [1.29, 1.82) is 0 Å². The SMILES string of the molecule is CNC(=O)NC(=O)CCN1C(=O)NC(C)(c2cccc3ccccc23)C1=O. The molecule has 6 amide bonds. The topological polar surface area (TPSA) is 108 Å². The Balaban J connectivity index is 1.82. The lowest BCUT2D eigenvalue weighted by molar-refractivity contribution is -0.131. The van der Waals surface area contributed by atoms with Gasteiger partial charge in [-0.15, -0.1) is 0 Å². The first kappa shape index (κ1) is 18.4. The Morgan fingerprint density at radius 2 is 1.81 bits per heavy atom. The first-order chi connectivity index (χ1) is 12.9. The highest BCUT2D eigenvalue weighted by atomic mass is 16.2. The van der Waals surface area contributed by atoms with Crippen LogP contribution < -0.4 is 16.0 Å². The van der Waals surface area contributed by atoms with Gasteiger partial charge in [0.25, 0.3) is 5.91 Å². The minimum absolute atomic E-state index is 0.117. The van der Waals surface area contributed by atoms with Crippen molar-refractivity contribution in [1.82, 2.24) is 20.9 Å². The van der Waals surface area contributed by atoms with Gasteiger partial charge in [0, 0.05) is 20.0 Å². The Bertz CT molecular complexity index is 937. The van der Waals surface area contributed by atoms with Gasteiger partial charge in [0.1, 0.15) is 5.54 Å². The van der Waals surface area contributed by atoms with E-state index in [2.05, 4.69) is 16.0 Å². The van der Waals surface area contributed by atoms with Crippen molar-refractivity contribution in [2.75, 3.05) is 13.6 Å². The lowest BCUT2D eigenvalue weighted by Crippen LogP contribution is -2.42. The van der Waals surface area contributed by atoms with Crippen LogP contribution in [0.25, 0.3) is 10.8 Å². The van der Waals surface area contributed by atoms with Gasteiger partial charge in [-0.25, -0.2) is 9.59 Å². The first-order valence-electron chi connectivity index (χ1n) is 8.50. The molecule has 0 saturated carbocycles. The summed E-state index contributed by atoms with van der Waals surface area (Å²) in [6, 6.07) is 12.0. The summed E-state index contributed by atoms with van der Waals surface area (Å²) in [7, 11) is 1.38. The van der Waals surface area contributed by atoms with Gasteiger partial charge in [0.05, 0.1) is 0 Å². The molecule has 2 aromatic rings. The van der Waals surface area contributed by atoms with Gasteiger partial charge in [-0.05, 0) is 23.3 Å². The molecule has 0 radical (unpaired) electrons. The number of nitrogens with one attached hydrogen (secondary N) is 3. The molecule has 27 heavy (non-hydrogen) atoms. The average Bonchev–Trinajstić information content (AvgIpc) is 2.88. The summed E-state index contributed by atoms with van der Waals surface area (Å²) in [4.78, 5) is 49.3. The van der Waals surface area contributed by atoms with Crippen LogP contribution in [0.15, 0.2) is 42.5 Å². The minimum atomic E-state index is -1.23. The maximum Gasteiger partial charge on any atom is 0.325 e. The molecule has 1 aliphatic heterocycles. The molecule has 8 nitrogen and oxygen atoms in total. The highest BCUT2D eigenvalue weighted by Crippen LogP contribution is 2.33. The van der Waals surface area contributed by atoms with E-state index in [1.165, 1.54) is 7.05 Å². The van der Waals surface area contributed by atoms with Gasteiger partial charge in [0.2, 0.25) is 5.91 Å². The molecule has 140 valence electrons. The number of nitrogens with zero attached hydrogens (tertiary/aromatic N) is 1. The Kier molecular flexibility index (Phi) is 4.81. The molecule has 1 unspecified atom stereocenters. The van der Waals surface area contributed by atoms with E-state index in [-0.39, 0.29) is 13.0 Å². The van der Waals surface area contributed by atoms with Crippen LogP contribution in [0.1, 0.15) is 18.9 Å². The summed E-state index contributed by atoms with van der Waals surface area (Å²) in [5.41, 5.74) is -0.536. The highest BCUT2D eigenvalue weighted by molar-refractivity contribution is 6.09. The van der Waals surface area contributed by atoms with E-state index in [4.69, 9.17) is 0 Å². The maximum atomic E-state index is 13.0. The van der Waals surface area contributed by atoms with E-state index in [1.54, 1.807) is 6.92 Å². The van der Waals surface area contributed by atoms with E-state index in [9.17, 15) is 19.2 Å². The molecule has 2 aromatic carbocycles. The molecule has 0 spiro atoms. The zero-order valence-electron chi connectivity index (χ0n) is 15.0. The molecule has 8 heteroatoms. The van der Waals surface area contributed by atoms with E-state index in [0.717, 1.165) is 15.7 Å². The largest absolute Gasteiger partial charge is 0.341 e. The molecular formula is C19H20N4O4. The highest BCUT2D eigenvalue weighted by Gasteiger charge is 2.49. The fourth-order valence-corrected chi connectivity index (χ4v) is 3.21. The number of urea groups is 2. The number of hydrogen-bond acceptors (Lipinski definition) is 4. The van der Waals surface area contributed by atoms with Gasteiger partial charge < -0.3 is 10.6 Å². The average molecular weight is 368 g/mol. The Labute approximate surface area is 155 Å². The molecule has 1 fully saturated rings. The van der Waals surface area contributed by atoms with Crippen molar-refractivity contribution in [2.45, 2.75) is 18.9 Å². The molecule has 1 atom stereocenters. The number of imide groups is 2. The summed E-state index contributed by atoms with van der Waals surface area (Å²) in [6.45, 7) is 1.54. The summed E-state index contributed by atoms with van der Waals surface area (Å²) in [6.07, 6.45) is -0.168. The standard InChI is InChI=1S/C19H20N4O4/c1-19(14-9-5-7-12-6-3-4-8-13(12)14)16(25)23(18(27)22-19)11-10-15(24)21-17(26)20-2/h3-9H,10-11H2,1-2H3,(H,22,27)(H2,20,21,24,26). The van der Waals surface area contributed by atoms with Gasteiger partial charge in [-0.1, -0.05) is 42.5 Å². The van der Waals surface area contributed by atoms with Crippen LogP contribution in [0.3, 0.4) is 0 Å². The van der Waals surface area contributed by atoms with Crippen molar-refractivity contribution in [3.63, 3.8) is 0 Å². The lowest BCUT2D eigenvalue weighted by atomic mass is 9.88. The molecule has 0 aliphatic carbocycles. The zero-order chi connectivity index (χ0) is 19.6. The van der Waals surface area contributed by atoms with Crippen molar-refractivity contribution in [3.8, 4) is 0 Å². The van der Waals surface area contributed by atoms with E-state index in [1.807, 2.05) is 42.5 Å². The van der Waals surface area contributed by atoms with Crippen LogP contribution in [-0.2, 0) is 15.1 Å². The molecular weight excluding hydrogens is 348 g/mol. The quantitative estimate of drug-likeness (QED) is 0.710. The number of amides is 6. The Morgan fingerprint density at radius 1 is 1.11 bits per heavy atom. The predicted molar refractivity (Wildman–Crippen MR) is 98.8 cm³/mol. The number of fused-ring (bicyclic) bond motifs is 1. The fraction of sp³-hybridized carbons (Fsp3) is 0.263. The maximum absolute atomic E-state index is 13.0. The molecule has 3 N–H and O–H groups in total. The van der Waals surface area contributed by atoms with Crippen LogP contribution in [0.5, 0.6) is 0 Å². The van der Waals surface area contributed by atoms with Crippen LogP contribution >= 0.6 is 0 Å². The fourth-order valence-electron chi connectivity index (χ4n) is 3.21. The van der Waals surface area contributed by atoms with Crippen molar-refractivity contribution in [3.05, 3.63) is 48.0 Å². The molecule has 1 saturated heterocycles. The van der Waals surface area contributed by atoms with E-state index in [0.29, 0.717) is 5.56 Å².